The van der Waals surface area contributed by atoms with E-state index < -0.39 is 5.54 Å². The van der Waals surface area contributed by atoms with E-state index in [1.165, 1.54) is 0 Å². The molecule has 0 saturated carbocycles. The van der Waals surface area contributed by atoms with E-state index in [0.717, 1.165) is 44.1 Å². The molecule has 0 spiro atoms. The number of hydroxylamine groups is 2. The van der Waals surface area contributed by atoms with E-state index in [2.05, 4.69) is 89.6 Å². The van der Waals surface area contributed by atoms with Crippen molar-refractivity contribution in [2.75, 3.05) is 6.54 Å². The van der Waals surface area contributed by atoms with Crippen LogP contribution in [0.4, 0.5) is 0 Å². The zero-order valence-corrected chi connectivity index (χ0v) is 20.6. The van der Waals surface area contributed by atoms with Gasteiger partial charge in [0.25, 0.3) is 0 Å². The Morgan fingerprint density at radius 1 is 1.00 bits per heavy atom. The van der Waals surface area contributed by atoms with Crippen LogP contribution in [-0.4, -0.2) is 39.0 Å². The normalized spacial score (nSPS) is 20.4. The summed E-state index contributed by atoms with van der Waals surface area (Å²) in [4.78, 5) is 23.1. The molecular weight excluding hydrogens is 372 g/mol. The van der Waals surface area contributed by atoms with Gasteiger partial charge >= 0.3 is 0 Å². The van der Waals surface area contributed by atoms with Crippen molar-refractivity contribution in [3.05, 3.63) is 35.9 Å². The standard InChI is InChI=1S/C26H44N2O2/c1-9-18-26(19-10-2)23(29)27(24(6,7)8)20-25(11-3,12-4)28(26)30-21(5)22-16-14-13-15-17-22/h13-17,21H,9-12,18-20H2,1-8H3. The molecule has 1 aromatic rings. The van der Waals surface area contributed by atoms with Crippen molar-refractivity contribution in [3.8, 4) is 0 Å². The van der Waals surface area contributed by atoms with Crippen LogP contribution in [-0.2, 0) is 9.63 Å². The lowest BCUT2D eigenvalue weighted by Gasteiger charge is -2.61. The van der Waals surface area contributed by atoms with Gasteiger partial charge in [0, 0.05) is 12.1 Å². The summed E-state index contributed by atoms with van der Waals surface area (Å²) in [5.41, 5.74) is 0.112. The molecule has 1 aliphatic heterocycles. The molecule has 1 atom stereocenters. The van der Waals surface area contributed by atoms with Crippen LogP contribution in [0.1, 0.15) is 106 Å². The van der Waals surface area contributed by atoms with Gasteiger partial charge in [0.05, 0.1) is 5.54 Å². The van der Waals surface area contributed by atoms with Crippen molar-refractivity contribution in [2.45, 2.75) is 117 Å². The lowest BCUT2D eigenvalue weighted by molar-refractivity contribution is -0.321. The molecule has 0 radical (unpaired) electrons. The minimum atomic E-state index is -0.621. The van der Waals surface area contributed by atoms with E-state index in [-0.39, 0.29) is 23.1 Å². The first-order valence-corrected chi connectivity index (χ1v) is 12.0. The number of hydrogen-bond acceptors (Lipinski definition) is 3. The topological polar surface area (TPSA) is 32.8 Å². The zero-order chi connectivity index (χ0) is 22.6. The molecule has 1 amide bonds. The van der Waals surface area contributed by atoms with E-state index in [0.29, 0.717) is 6.54 Å². The maximum atomic E-state index is 14.1. The molecule has 1 aromatic carbocycles. The van der Waals surface area contributed by atoms with Gasteiger partial charge in [0.2, 0.25) is 5.91 Å². The Morgan fingerprint density at radius 2 is 1.53 bits per heavy atom. The van der Waals surface area contributed by atoms with Gasteiger partial charge in [0.1, 0.15) is 11.6 Å². The molecule has 0 bridgehead atoms. The maximum absolute atomic E-state index is 14.1. The fourth-order valence-electron chi connectivity index (χ4n) is 5.05. The van der Waals surface area contributed by atoms with E-state index in [1.807, 2.05) is 6.07 Å². The number of carbonyl (C=O) groups excluding carboxylic acids is 1. The van der Waals surface area contributed by atoms with Crippen LogP contribution in [0.15, 0.2) is 30.3 Å². The highest BCUT2D eigenvalue weighted by molar-refractivity contribution is 5.88. The third-order valence-electron chi connectivity index (χ3n) is 6.90. The molecule has 30 heavy (non-hydrogen) atoms. The smallest absolute Gasteiger partial charge is 0.245 e. The van der Waals surface area contributed by atoms with Crippen molar-refractivity contribution in [1.82, 2.24) is 9.96 Å². The SMILES string of the molecule is CCCC1(CCC)C(=O)N(C(C)(C)C)CC(CC)(CC)N1OC(C)c1ccccc1. The molecule has 1 fully saturated rings. The summed E-state index contributed by atoms with van der Waals surface area (Å²) < 4.78 is 0. The number of hydrogen-bond donors (Lipinski definition) is 0. The molecule has 0 aliphatic carbocycles. The molecular formula is C26H44N2O2. The fourth-order valence-corrected chi connectivity index (χ4v) is 5.05. The minimum absolute atomic E-state index is 0.106. The van der Waals surface area contributed by atoms with E-state index in [1.54, 1.807) is 0 Å². The number of piperazine rings is 1. The fraction of sp³-hybridized carbons (Fsp3) is 0.731. The largest absolute Gasteiger partial charge is 0.334 e. The van der Waals surface area contributed by atoms with Crippen LogP contribution in [0.5, 0.6) is 0 Å². The van der Waals surface area contributed by atoms with Crippen LogP contribution in [0, 0.1) is 0 Å². The summed E-state index contributed by atoms with van der Waals surface area (Å²) in [5, 5.41) is 2.19. The van der Waals surface area contributed by atoms with Crippen LogP contribution in [0.3, 0.4) is 0 Å². The van der Waals surface area contributed by atoms with Gasteiger partial charge < -0.3 is 4.90 Å². The Kier molecular flexibility index (Phi) is 8.15. The highest BCUT2D eigenvalue weighted by Crippen LogP contribution is 2.46. The van der Waals surface area contributed by atoms with Crippen molar-refractivity contribution in [1.29, 1.82) is 0 Å². The van der Waals surface area contributed by atoms with Crippen LogP contribution < -0.4 is 0 Å². The van der Waals surface area contributed by atoms with E-state index in [9.17, 15) is 4.79 Å². The van der Waals surface area contributed by atoms with Crippen molar-refractivity contribution < 1.29 is 9.63 Å². The predicted molar refractivity (Wildman–Crippen MR) is 125 cm³/mol. The first-order valence-electron chi connectivity index (χ1n) is 12.0. The Labute approximate surface area is 184 Å². The zero-order valence-electron chi connectivity index (χ0n) is 20.6. The van der Waals surface area contributed by atoms with Gasteiger partial charge in [0.15, 0.2) is 0 Å². The summed E-state index contributed by atoms with van der Waals surface area (Å²) in [6.45, 7) is 18.1. The average molecular weight is 417 g/mol. The predicted octanol–water partition coefficient (Wildman–Crippen LogP) is 6.52. The molecule has 1 heterocycles. The third-order valence-corrected chi connectivity index (χ3v) is 6.90. The van der Waals surface area contributed by atoms with Crippen molar-refractivity contribution >= 4 is 5.91 Å². The van der Waals surface area contributed by atoms with Crippen LogP contribution in [0.2, 0.25) is 0 Å². The Balaban J connectivity index is 2.62. The lowest BCUT2D eigenvalue weighted by atomic mass is 9.75. The average Bonchev–Trinajstić information content (AvgIpc) is 2.72. The maximum Gasteiger partial charge on any atom is 0.245 e. The number of rotatable bonds is 9. The van der Waals surface area contributed by atoms with Crippen molar-refractivity contribution in [2.24, 2.45) is 0 Å². The monoisotopic (exact) mass is 416 g/mol. The minimum Gasteiger partial charge on any atom is -0.334 e. The molecule has 1 unspecified atom stereocenters. The molecule has 2 rings (SSSR count). The first kappa shape index (κ1) is 24.9. The van der Waals surface area contributed by atoms with Crippen LogP contribution in [0.25, 0.3) is 0 Å². The summed E-state index contributed by atoms with van der Waals surface area (Å²) in [6, 6.07) is 10.4. The Bertz CT molecular complexity index is 670. The summed E-state index contributed by atoms with van der Waals surface area (Å²) in [5.74, 6) is 0.233. The highest BCUT2D eigenvalue weighted by Gasteiger charge is 2.60. The van der Waals surface area contributed by atoms with Gasteiger partial charge in [-0.3, -0.25) is 9.63 Å². The second-order valence-electron chi connectivity index (χ2n) is 9.98. The number of benzene rings is 1. The van der Waals surface area contributed by atoms with E-state index >= 15 is 0 Å². The third kappa shape index (κ3) is 4.60. The van der Waals surface area contributed by atoms with Gasteiger partial charge in [-0.15, -0.1) is 0 Å². The van der Waals surface area contributed by atoms with Gasteiger partial charge in [-0.05, 0) is 58.9 Å². The van der Waals surface area contributed by atoms with Gasteiger partial charge in [-0.1, -0.05) is 70.9 Å². The molecule has 1 aliphatic rings. The van der Waals surface area contributed by atoms with E-state index in [4.69, 9.17) is 4.84 Å². The Hall–Kier alpha value is -1.39. The first-order chi connectivity index (χ1) is 14.1. The summed E-state index contributed by atoms with van der Waals surface area (Å²) in [7, 11) is 0. The molecule has 1 saturated heterocycles. The number of amides is 1. The molecule has 4 heteroatoms. The Morgan fingerprint density at radius 3 is 1.97 bits per heavy atom. The quantitative estimate of drug-likeness (QED) is 0.459. The molecule has 0 N–H and O–H groups in total. The summed E-state index contributed by atoms with van der Waals surface area (Å²) in [6.07, 6.45) is 5.32. The van der Waals surface area contributed by atoms with Crippen molar-refractivity contribution in [3.63, 3.8) is 0 Å². The van der Waals surface area contributed by atoms with Gasteiger partial charge in [-0.2, -0.15) is 5.06 Å². The number of carbonyl (C=O) groups is 1. The summed E-state index contributed by atoms with van der Waals surface area (Å²) >= 11 is 0. The second kappa shape index (κ2) is 9.82. The lowest BCUT2D eigenvalue weighted by Crippen LogP contribution is -2.76. The second-order valence-corrected chi connectivity index (χ2v) is 9.98. The highest BCUT2D eigenvalue weighted by atomic mass is 16.7. The molecule has 170 valence electrons. The molecule has 0 aromatic heterocycles. The molecule has 4 nitrogen and oxygen atoms in total. The number of nitrogens with zero attached hydrogens (tertiary/aromatic N) is 2. The van der Waals surface area contributed by atoms with Crippen LogP contribution >= 0.6 is 0 Å². The van der Waals surface area contributed by atoms with Gasteiger partial charge in [-0.25, -0.2) is 0 Å².